The maximum atomic E-state index is 14.2. The van der Waals surface area contributed by atoms with Crippen molar-refractivity contribution in [1.29, 1.82) is 0 Å². The summed E-state index contributed by atoms with van der Waals surface area (Å²) in [6.45, 7) is -0.579. The molecule has 0 aliphatic carbocycles. The first-order valence-electron chi connectivity index (χ1n) is 10.1. The number of amides is 4. The highest BCUT2D eigenvalue weighted by Crippen LogP contribution is 2.40. The van der Waals surface area contributed by atoms with E-state index in [1.807, 2.05) is 0 Å². The van der Waals surface area contributed by atoms with E-state index in [9.17, 15) is 41.5 Å². The van der Waals surface area contributed by atoms with Crippen molar-refractivity contribution in [2.75, 3.05) is 14.2 Å². The fourth-order valence-corrected chi connectivity index (χ4v) is 3.83. The van der Waals surface area contributed by atoms with Gasteiger partial charge in [-0.2, -0.15) is 13.2 Å². The zero-order chi connectivity index (χ0) is 26.8. The molecule has 0 bridgehead atoms. The molecule has 13 heteroatoms. The fourth-order valence-electron chi connectivity index (χ4n) is 3.83. The number of alkyl carbamates (subject to hydrolysis) is 1. The van der Waals surface area contributed by atoms with Crippen LogP contribution in [0.4, 0.5) is 22.4 Å². The number of benzene rings is 2. The molecule has 0 radical (unpaired) electrons. The third kappa shape index (κ3) is 4.76. The van der Waals surface area contributed by atoms with E-state index in [4.69, 9.17) is 4.74 Å². The number of halogens is 4. The molecule has 1 N–H and O–H groups in total. The number of ether oxygens (including phenoxy) is 2. The molecule has 190 valence electrons. The van der Waals surface area contributed by atoms with Crippen LogP contribution in [0.3, 0.4) is 0 Å². The molecule has 0 saturated heterocycles. The van der Waals surface area contributed by atoms with E-state index in [0.717, 1.165) is 56.7 Å². The second kappa shape index (κ2) is 9.76. The average molecular weight is 510 g/mol. The van der Waals surface area contributed by atoms with E-state index in [2.05, 4.69) is 4.74 Å². The van der Waals surface area contributed by atoms with Crippen molar-refractivity contribution in [3.63, 3.8) is 0 Å². The number of rotatable bonds is 5. The second-order valence-corrected chi connectivity index (χ2v) is 7.69. The van der Waals surface area contributed by atoms with Crippen LogP contribution in [-0.2, 0) is 42.0 Å². The summed E-state index contributed by atoms with van der Waals surface area (Å²) in [5.41, 5.74) is -4.25. The first-order valence-corrected chi connectivity index (χ1v) is 10.1. The number of alkyl halides is 3. The fraction of sp³-hybridized carbons (Fsp3) is 0.261. The molecule has 36 heavy (non-hydrogen) atoms. The number of methoxy groups -OCH3 is 2. The first kappa shape index (κ1) is 26.3. The largest absolute Gasteiger partial charge is 0.468 e. The lowest BCUT2D eigenvalue weighted by Crippen LogP contribution is -2.59. The summed E-state index contributed by atoms with van der Waals surface area (Å²) in [6.07, 6.45) is -6.90. The van der Waals surface area contributed by atoms with Gasteiger partial charge in [0.25, 0.3) is 11.8 Å². The van der Waals surface area contributed by atoms with Gasteiger partial charge in [-0.3, -0.25) is 29.4 Å². The number of nitrogens with one attached hydrogen (secondary N) is 1. The molecule has 1 atom stereocenters. The Morgan fingerprint density at radius 3 is 2.19 bits per heavy atom. The summed E-state index contributed by atoms with van der Waals surface area (Å²) in [5, 5.41) is 1.78. The van der Waals surface area contributed by atoms with Gasteiger partial charge in [-0.25, -0.2) is 9.18 Å². The SMILES string of the molecule is COC(=O)NC(=O)CC1(C(=O)OC)C(=O)N(Cc2ccc(C(F)(F)F)cc2)C(=O)c2ccc(F)cc21. The minimum absolute atomic E-state index is 0.0908. The molecule has 1 heterocycles. The van der Waals surface area contributed by atoms with Crippen molar-refractivity contribution in [1.82, 2.24) is 10.2 Å². The van der Waals surface area contributed by atoms with Crippen molar-refractivity contribution in [2.45, 2.75) is 24.6 Å². The van der Waals surface area contributed by atoms with E-state index < -0.39 is 71.3 Å². The molecule has 4 amide bonds. The molecule has 9 nitrogen and oxygen atoms in total. The van der Waals surface area contributed by atoms with Crippen LogP contribution in [0.2, 0.25) is 0 Å². The van der Waals surface area contributed by atoms with Crippen LogP contribution in [0, 0.1) is 5.82 Å². The Morgan fingerprint density at radius 2 is 1.64 bits per heavy atom. The van der Waals surface area contributed by atoms with Crippen LogP contribution in [0.5, 0.6) is 0 Å². The zero-order valence-electron chi connectivity index (χ0n) is 18.8. The molecular formula is C23H18F4N2O7. The highest BCUT2D eigenvalue weighted by molar-refractivity contribution is 6.22. The van der Waals surface area contributed by atoms with Gasteiger partial charge in [-0.05, 0) is 41.5 Å². The van der Waals surface area contributed by atoms with Crippen LogP contribution < -0.4 is 5.32 Å². The summed E-state index contributed by atoms with van der Waals surface area (Å²) in [4.78, 5) is 64.4. The summed E-state index contributed by atoms with van der Waals surface area (Å²) >= 11 is 0. The Balaban J connectivity index is 2.13. The highest BCUT2D eigenvalue weighted by Gasteiger charge is 2.58. The van der Waals surface area contributed by atoms with Gasteiger partial charge >= 0.3 is 18.2 Å². The number of imide groups is 2. The lowest BCUT2D eigenvalue weighted by molar-refractivity contribution is -0.158. The Bertz CT molecular complexity index is 1240. The maximum Gasteiger partial charge on any atom is 0.416 e. The lowest BCUT2D eigenvalue weighted by Gasteiger charge is -2.39. The van der Waals surface area contributed by atoms with Crippen LogP contribution in [-0.4, -0.2) is 48.9 Å². The monoisotopic (exact) mass is 510 g/mol. The van der Waals surface area contributed by atoms with Crippen molar-refractivity contribution in [3.05, 3.63) is 70.5 Å². The Hall–Kier alpha value is -4.29. The summed E-state index contributed by atoms with van der Waals surface area (Å²) in [6, 6.07) is 6.17. The number of nitrogens with zero attached hydrogens (tertiary/aromatic N) is 1. The van der Waals surface area contributed by atoms with Crippen LogP contribution in [0.15, 0.2) is 42.5 Å². The summed E-state index contributed by atoms with van der Waals surface area (Å²) in [5.74, 6) is -5.73. The van der Waals surface area contributed by atoms with E-state index in [1.54, 1.807) is 5.32 Å². The quantitative estimate of drug-likeness (QED) is 0.284. The molecule has 2 aromatic rings. The number of carbonyl (C=O) groups excluding carboxylic acids is 5. The van der Waals surface area contributed by atoms with Gasteiger partial charge in [0.15, 0.2) is 5.41 Å². The van der Waals surface area contributed by atoms with Gasteiger partial charge in [0.1, 0.15) is 5.82 Å². The van der Waals surface area contributed by atoms with Gasteiger partial charge in [0.05, 0.1) is 32.7 Å². The van der Waals surface area contributed by atoms with Gasteiger partial charge in [-0.1, -0.05) is 12.1 Å². The van der Waals surface area contributed by atoms with Crippen LogP contribution in [0.1, 0.15) is 33.5 Å². The second-order valence-electron chi connectivity index (χ2n) is 7.69. The lowest BCUT2D eigenvalue weighted by atomic mass is 9.71. The normalized spacial score (nSPS) is 17.3. The van der Waals surface area contributed by atoms with Gasteiger partial charge in [0, 0.05) is 5.56 Å². The molecule has 0 spiro atoms. The third-order valence-corrected chi connectivity index (χ3v) is 5.54. The minimum atomic E-state index is -4.62. The van der Waals surface area contributed by atoms with E-state index in [0.29, 0.717) is 4.90 Å². The van der Waals surface area contributed by atoms with Gasteiger partial charge in [0.2, 0.25) is 5.91 Å². The third-order valence-electron chi connectivity index (χ3n) is 5.54. The van der Waals surface area contributed by atoms with Crippen LogP contribution in [0.25, 0.3) is 0 Å². The predicted octanol–water partition coefficient (Wildman–Crippen LogP) is 2.71. The van der Waals surface area contributed by atoms with Gasteiger partial charge < -0.3 is 9.47 Å². The molecule has 0 fully saturated rings. The number of hydrogen-bond acceptors (Lipinski definition) is 7. The van der Waals surface area contributed by atoms with Crippen molar-refractivity contribution in [2.24, 2.45) is 0 Å². The first-order chi connectivity index (χ1) is 16.8. The van der Waals surface area contributed by atoms with Gasteiger partial charge in [-0.15, -0.1) is 0 Å². The Kier molecular flexibility index (Phi) is 7.13. The van der Waals surface area contributed by atoms with E-state index in [-0.39, 0.29) is 11.1 Å². The number of fused-ring (bicyclic) bond motifs is 1. The van der Waals surface area contributed by atoms with E-state index in [1.165, 1.54) is 0 Å². The molecule has 1 unspecified atom stereocenters. The number of carbonyl (C=O) groups is 5. The number of hydrogen-bond donors (Lipinski definition) is 1. The standard InChI is InChI=1S/C23H18F4N2O7/c1-35-20(33)22(10-17(30)28-21(34)36-2)16-9-14(24)7-8-15(16)18(31)29(19(22)32)11-12-3-5-13(6-4-12)23(25,26)27/h3-9H,10-11H2,1-2H3,(H,28,30,34). The molecule has 0 saturated carbocycles. The zero-order valence-corrected chi connectivity index (χ0v) is 18.8. The van der Waals surface area contributed by atoms with Crippen LogP contribution >= 0.6 is 0 Å². The maximum absolute atomic E-state index is 14.2. The van der Waals surface area contributed by atoms with Crippen molar-refractivity contribution >= 4 is 29.8 Å². The topological polar surface area (TPSA) is 119 Å². The van der Waals surface area contributed by atoms with Crippen molar-refractivity contribution in [3.8, 4) is 0 Å². The molecule has 3 rings (SSSR count). The number of esters is 1. The smallest absolute Gasteiger partial charge is 0.416 e. The Morgan fingerprint density at radius 1 is 1.00 bits per heavy atom. The molecule has 1 aliphatic heterocycles. The summed E-state index contributed by atoms with van der Waals surface area (Å²) < 4.78 is 61.9. The molecule has 2 aromatic carbocycles. The summed E-state index contributed by atoms with van der Waals surface area (Å²) in [7, 11) is 1.85. The van der Waals surface area contributed by atoms with Crippen molar-refractivity contribution < 1.29 is 51.0 Å². The highest BCUT2D eigenvalue weighted by atomic mass is 19.4. The molecule has 0 aromatic heterocycles. The molecule has 1 aliphatic rings. The predicted molar refractivity (Wildman–Crippen MR) is 112 cm³/mol. The minimum Gasteiger partial charge on any atom is -0.468 e. The van der Waals surface area contributed by atoms with E-state index >= 15 is 0 Å². The average Bonchev–Trinajstić information content (AvgIpc) is 2.83. The molecular weight excluding hydrogens is 492 g/mol. The Labute approximate surface area is 201 Å².